The Morgan fingerprint density at radius 1 is 0.857 bits per heavy atom. The summed E-state index contributed by atoms with van der Waals surface area (Å²) in [6.07, 6.45) is 2.00. The molecule has 0 aliphatic rings. The van der Waals surface area contributed by atoms with E-state index in [1.165, 1.54) is 16.7 Å². The van der Waals surface area contributed by atoms with Gasteiger partial charge in [0.2, 0.25) is 0 Å². The molecule has 0 heterocycles. The Labute approximate surface area is 127 Å². The van der Waals surface area contributed by atoms with E-state index in [4.69, 9.17) is 0 Å². The van der Waals surface area contributed by atoms with Crippen LogP contribution in [-0.2, 0) is 19.4 Å². The maximum Gasteiger partial charge on any atom is 0.123 e. The first-order chi connectivity index (χ1) is 10.2. The molecular weight excluding hydrogens is 261 g/mol. The highest BCUT2D eigenvalue weighted by Crippen LogP contribution is 2.29. The van der Waals surface area contributed by atoms with Crippen molar-refractivity contribution in [2.75, 3.05) is 6.54 Å². The van der Waals surface area contributed by atoms with Crippen molar-refractivity contribution < 1.29 is 4.39 Å². The monoisotopic (exact) mass is 285 g/mol. The van der Waals surface area contributed by atoms with Gasteiger partial charge in [0, 0.05) is 6.54 Å². The molecule has 112 valence electrons. The SMILES string of the molecule is CCNCc1cc(F)ccc1-c1cc(CC)ccc1CC. The summed E-state index contributed by atoms with van der Waals surface area (Å²) >= 11 is 0. The molecule has 1 N–H and O–H groups in total. The van der Waals surface area contributed by atoms with Crippen LogP contribution in [0.3, 0.4) is 0 Å². The Hall–Kier alpha value is -1.67. The molecule has 2 aromatic rings. The van der Waals surface area contributed by atoms with E-state index in [0.29, 0.717) is 6.54 Å². The first kappa shape index (κ1) is 15.7. The minimum atomic E-state index is -0.170. The predicted molar refractivity (Wildman–Crippen MR) is 88.0 cm³/mol. The number of rotatable bonds is 6. The Morgan fingerprint density at radius 2 is 1.67 bits per heavy atom. The number of nitrogens with one attached hydrogen (secondary N) is 1. The van der Waals surface area contributed by atoms with Crippen molar-refractivity contribution in [3.05, 3.63) is 58.9 Å². The van der Waals surface area contributed by atoms with E-state index in [1.807, 2.05) is 6.07 Å². The average molecular weight is 285 g/mol. The number of aryl methyl sites for hydroxylation is 2. The zero-order valence-corrected chi connectivity index (χ0v) is 13.2. The van der Waals surface area contributed by atoms with Gasteiger partial charge in [0.25, 0.3) is 0 Å². The largest absolute Gasteiger partial charge is 0.313 e. The predicted octanol–water partition coefficient (Wildman–Crippen LogP) is 4.73. The van der Waals surface area contributed by atoms with Crippen molar-refractivity contribution >= 4 is 0 Å². The number of halogens is 1. The summed E-state index contributed by atoms with van der Waals surface area (Å²) in [6, 6.07) is 11.8. The van der Waals surface area contributed by atoms with Gasteiger partial charge in [0.05, 0.1) is 0 Å². The second kappa shape index (κ2) is 7.37. The summed E-state index contributed by atoms with van der Waals surface area (Å²) in [5.74, 6) is -0.170. The van der Waals surface area contributed by atoms with E-state index in [2.05, 4.69) is 44.3 Å². The third-order valence-electron chi connectivity index (χ3n) is 3.89. The molecule has 0 unspecified atom stereocenters. The molecule has 0 aromatic heterocycles. The Balaban J connectivity index is 2.54. The van der Waals surface area contributed by atoms with Crippen LogP contribution in [-0.4, -0.2) is 6.54 Å². The molecule has 2 rings (SSSR count). The standard InChI is InChI=1S/C19H24FN/c1-4-14-7-8-15(5-2)19(11-14)18-10-9-17(20)12-16(18)13-21-6-3/h7-12,21H,4-6,13H2,1-3H3. The quantitative estimate of drug-likeness (QED) is 0.809. The minimum Gasteiger partial charge on any atom is -0.313 e. The number of benzene rings is 2. The van der Waals surface area contributed by atoms with Gasteiger partial charge in [-0.25, -0.2) is 4.39 Å². The highest BCUT2D eigenvalue weighted by atomic mass is 19.1. The zero-order valence-electron chi connectivity index (χ0n) is 13.2. The summed E-state index contributed by atoms with van der Waals surface area (Å²) in [5, 5.41) is 3.30. The molecule has 0 saturated carbocycles. The highest BCUT2D eigenvalue weighted by molar-refractivity contribution is 5.71. The normalized spacial score (nSPS) is 10.9. The molecule has 0 saturated heterocycles. The van der Waals surface area contributed by atoms with Crippen LogP contribution in [0.15, 0.2) is 36.4 Å². The van der Waals surface area contributed by atoms with Gasteiger partial charge in [0.15, 0.2) is 0 Å². The molecule has 0 spiro atoms. The summed E-state index contributed by atoms with van der Waals surface area (Å²) in [6.45, 7) is 7.97. The first-order valence-corrected chi connectivity index (χ1v) is 7.80. The summed E-state index contributed by atoms with van der Waals surface area (Å²) < 4.78 is 13.6. The molecule has 0 aliphatic heterocycles. The Morgan fingerprint density at radius 3 is 2.33 bits per heavy atom. The Bertz CT molecular complexity index is 605. The first-order valence-electron chi connectivity index (χ1n) is 7.80. The van der Waals surface area contributed by atoms with Crippen molar-refractivity contribution in [1.29, 1.82) is 0 Å². The zero-order chi connectivity index (χ0) is 15.2. The van der Waals surface area contributed by atoms with Crippen molar-refractivity contribution in [3.63, 3.8) is 0 Å². The van der Waals surface area contributed by atoms with Crippen LogP contribution >= 0.6 is 0 Å². The average Bonchev–Trinajstić information content (AvgIpc) is 2.52. The van der Waals surface area contributed by atoms with Gasteiger partial charge in [-0.2, -0.15) is 0 Å². The molecule has 1 nitrogen and oxygen atoms in total. The maximum atomic E-state index is 13.6. The number of hydrogen-bond donors (Lipinski definition) is 1. The van der Waals surface area contributed by atoms with E-state index in [0.717, 1.165) is 30.5 Å². The second-order valence-electron chi connectivity index (χ2n) is 5.28. The summed E-state index contributed by atoms with van der Waals surface area (Å²) in [4.78, 5) is 0. The van der Waals surface area contributed by atoms with Gasteiger partial charge in [-0.05, 0) is 59.3 Å². The summed E-state index contributed by atoms with van der Waals surface area (Å²) in [5.41, 5.74) is 6.05. The molecule has 0 radical (unpaired) electrons. The van der Waals surface area contributed by atoms with Crippen LogP contribution in [0.2, 0.25) is 0 Å². The molecule has 21 heavy (non-hydrogen) atoms. The molecule has 0 bridgehead atoms. The lowest BCUT2D eigenvalue weighted by molar-refractivity contribution is 0.622. The van der Waals surface area contributed by atoms with Gasteiger partial charge >= 0.3 is 0 Å². The van der Waals surface area contributed by atoms with Crippen molar-refractivity contribution in [1.82, 2.24) is 5.32 Å². The van der Waals surface area contributed by atoms with Crippen LogP contribution in [0.5, 0.6) is 0 Å². The molecule has 0 atom stereocenters. The fourth-order valence-electron chi connectivity index (χ4n) is 2.63. The fraction of sp³-hybridized carbons (Fsp3) is 0.368. The molecule has 2 heteroatoms. The van der Waals surface area contributed by atoms with E-state index in [-0.39, 0.29) is 5.82 Å². The van der Waals surface area contributed by atoms with Gasteiger partial charge in [0.1, 0.15) is 5.82 Å². The van der Waals surface area contributed by atoms with Crippen molar-refractivity contribution in [3.8, 4) is 11.1 Å². The minimum absolute atomic E-state index is 0.170. The van der Waals surface area contributed by atoms with Gasteiger partial charge < -0.3 is 5.32 Å². The van der Waals surface area contributed by atoms with E-state index in [9.17, 15) is 4.39 Å². The topological polar surface area (TPSA) is 12.0 Å². The van der Waals surface area contributed by atoms with Gasteiger partial charge in [-0.1, -0.05) is 45.0 Å². The number of hydrogen-bond acceptors (Lipinski definition) is 1. The third kappa shape index (κ3) is 3.70. The smallest absolute Gasteiger partial charge is 0.123 e. The van der Waals surface area contributed by atoms with Crippen LogP contribution in [0.1, 0.15) is 37.5 Å². The van der Waals surface area contributed by atoms with Crippen LogP contribution in [0, 0.1) is 5.82 Å². The summed E-state index contributed by atoms with van der Waals surface area (Å²) in [7, 11) is 0. The van der Waals surface area contributed by atoms with Crippen molar-refractivity contribution in [2.24, 2.45) is 0 Å². The molecule has 0 amide bonds. The fourth-order valence-corrected chi connectivity index (χ4v) is 2.63. The lowest BCUT2D eigenvalue weighted by Gasteiger charge is -2.15. The lowest BCUT2D eigenvalue weighted by Crippen LogP contribution is -2.13. The van der Waals surface area contributed by atoms with Crippen LogP contribution in [0.25, 0.3) is 11.1 Å². The third-order valence-corrected chi connectivity index (χ3v) is 3.89. The van der Waals surface area contributed by atoms with E-state index < -0.39 is 0 Å². The second-order valence-corrected chi connectivity index (χ2v) is 5.28. The molecule has 0 aliphatic carbocycles. The van der Waals surface area contributed by atoms with Crippen LogP contribution < -0.4 is 5.32 Å². The van der Waals surface area contributed by atoms with E-state index >= 15 is 0 Å². The van der Waals surface area contributed by atoms with Crippen LogP contribution in [0.4, 0.5) is 4.39 Å². The molecular formula is C19H24FN. The lowest BCUT2D eigenvalue weighted by atomic mass is 9.92. The van der Waals surface area contributed by atoms with Gasteiger partial charge in [-0.3, -0.25) is 0 Å². The van der Waals surface area contributed by atoms with Crippen molar-refractivity contribution in [2.45, 2.75) is 40.2 Å². The van der Waals surface area contributed by atoms with E-state index in [1.54, 1.807) is 12.1 Å². The molecule has 2 aromatic carbocycles. The highest BCUT2D eigenvalue weighted by Gasteiger charge is 2.10. The molecule has 0 fully saturated rings. The maximum absolute atomic E-state index is 13.6. The van der Waals surface area contributed by atoms with Gasteiger partial charge in [-0.15, -0.1) is 0 Å². The Kier molecular flexibility index (Phi) is 5.51.